The summed E-state index contributed by atoms with van der Waals surface area (Å²) in [4.78, 5) is 19.0. The lowest BCUT2D eigenvalue weighted by Crippen LogP contribution is -2.25. The molecule has 5 nitrogen and oxygen atoms in total. The first-order chi connectivity index (χ1) is 12.0. The van der Waals surface area contributed by atoms with Gasteiger partial charge in [0.05, 0.1) is 17.6 Å². The van der Waals surface area contributed by atoms with Crippen LogP contribution in [0.2, 0.25) is 0 Å². The average Bonchev–Trinajstić information content (AvgIpc) is 2.91. The molecule has 2 aromatic carbocycles. The lowest BCUT2D eigenvalue weighted by molar-refractivity contribution is -0.116. The SMILES string of the molecule is Cc1ccccc1NC(=O)CCN(C)Cc1nc2ccccc2n1C. The molecule has 0 fully saturated rings. The Morgan fingerprint density at radius 3 is 2.64 bits per heavy atom. The highest BCUT2D eigenvalue weighted by atomic mass is 16.1. The molecule has 1 N–H and O–H groups in total. The van der Waals surface area contributed by atoms with E-state index in [0.717, 1.165) is 28.1 Å². The zero-order valence-corrected chi connectivity index (χ0v) is 15.0. The summed E-state index contributed by atoms with van der Waals surface area (Å²) in [6.45, 7) is 3.39. The van der Waals surface area contributed by atoms with Crippen LogP contribution < -0.4 is 5.32 Å². The molecule has 25 heavy (non-hydrogen) atoms. The molecule has 0 aliphatic heterocycles. The number of hydrogen-bond donors (Lipinski definition) is 1. The number of para-hydroxylation sites is 3. The van der Waals surface area contributed by atoms with E-state index in [1.807, 2.05) is 63.5 Å². The summed E-state index contributed by atoms with van der Waals surface area (Å²) >= 11 is 0. The number of nitrogens with one attached hydrogen (secondary N) is 1. The van der Waals surface area contributed by atoms with E-state index in [0.29, 0.717) is 19.5 Å². The molecule has 0 atom stereocenters. The lowest BCUT2D eigenvalue weighted by atomic mass is 10.2. The maximum atomic E-state index is 12.2. The highest BCUT2D eigenvalue weighted by Gasteiger charge is 2.11. The van der Waals surface area contributed by atoms with Gasteiger partial charge < -0.3 is 9.88 Å². The number of hydrogen-bond acceptors (Lipinski definition) is 3. The Balaban J connectivity index is 1.55. The van der Waals surface area contributed by atoms with Crippen LogP contribution >= 0.6 is 0 Å². The molecule has 3 aromatic rings. The summed E-state index contributed by atoms with van der Waals surface area (Å²) in [6, 6.07) is 15.9. The van der Waals surface area contributed by atoms with Crippen LogP contribution in [0.25, 0.3) is 11.0 Å². The number of carbonyl (C=O) groups is 1. The first-order valence-corrected chi connectivity index (χ1v) is 8.49. The molecule has 0 unspecified atom stereocenters. The smallest absolute Gasteiger partial charge is 0.225 e. The van der Waals surface area contributed by atoms with Crippen molar-refractivity contribution in [3.05, 3.63) is 59.9 Å². The monoisotopic (exact) mass is 336 g/mol. The van der Waals surface area contributed by atoms with Crippen molar-refractivity contribution in [3.8, 4) is 0 Å². The van der Waals surface area contributed by atoms with E-state index in [2.05, 4.69) is 25.8 Å². The van der Waals surface area contributed by atoms with Gasteiger partial charge in [0.2, 0.25) is 5.91 Å². The number of fused-ring (bicyclic) bond motifs is 1. The second kappa shape index (κ2) is 7.49. The summed E-state index contributed by atoms with van der Waals surface area (Å²) < 4.78 is 2.11. The normalized spacial score (nSPS) is 11.2. The Labute approximate surface area is 148 Å². The first-order valence-electron chi connectivity index (χ1n) is 8.49. The summed E-state index contributed by atoms with van der Waals surface area (Å²) in [6.07, 6.45) is 0.453. The Hall–Kier alpha value is -2.66. The van der Waals surface area contributed by atoms with E-state index in [1.54, 1.807) is 0 Å². The number of amides is 1. The van der Waals surface area contributed by atoms with Crippen LogP contribution in [0.15, 0.2) is 48.5 Å². The van der Waals surface area contributed by atoms with E-state index in [9.17, 15) is 4.79 Å². The highest BCUT2D eigenvalue weighted by molar-refractivity contribution is 5.91. The molecular weight excluding hydrogens is 312 g/mol. The molecule has 0 aliphatic rings. The van der Waals surface area contributed by atoms with Crippen molar-refractivity contribution < 1.29 is 4.79 Å². The molecular formula is C20H24N4O. The molecule has 0 aliphatic carbocycles. The van der Waals surface area contributed by atoms with Crippen molar-refractivity contribution in [2.24, 2.45) is 7.05 Å². The van der Waals surface area contributed by atoms with Crippen molar-refractivity contribution in [2.75, 3.05) is 18.9 Å². The standard InChI is InChI=1S/C20H24N4O/c1-15-8-4-5-9-16(15)22-20(25)12-13-23(2)14-19-21-17-10-6-7-11-18(17)24(19)3/h4-11H,12-14H2,1-3H3,(H,22,25). The third kappa shape index (κ3) is 4.06. The van der Waals surface area contributed by atoms with E-state index in [-0.39, 0.29) is 5.91 Å². The van der Waals surface area contributed by atoms with E-state index in [4.69, 9.17) is 0 Å². The van der Waals surface area contributed by atoms with Crippen molar-refractivity contribution in [1.82, 2.24) is 14.5 Å². The van der Waals surface area contributed by atoms with Crippen LogP contribution in [-0.4, -0.2) is 34.0 Å². The minimum Gasteiger partial charge on any atom is -0.330 e. The fourth-order valence-corrected chi connectivity index (χ4v) is 2.88. The number of carbonyl (C=O) groups excluding carboxylic acids is 1. The van der Waals surface area contributed by atoms with Crippen molar-refractivity contribution in [2.45, 2.75) is 19.9 Å². The van der Waals surface area contributed by atoms with E-state index >= 15 is 0 Å². The van der Waals surface area contributed by atoms with Gasteiger partial charge in [0.15, 0.2) is 0 Å². The molecule has 0 saturated carbocycles. The van der Waals surface area contributed by atoms with Gasteiger partial charge in [-0.15, -0.1) is 0 Å². The molecule has 1 heterocycles. The minimum absolute atomic E-state index is 0.0335. The predicted molar refractivity (Wildman–Crippen MR) is 101 cm³/mol. The van der Waals surface area contributed by atoms with Gasteiger partial charge in [0, 0.05) is 25.7 Å². The third-order valence-electron chi connectivity index (χ3n) is 4.43. The predicted octanol–water partition coefficient (Wildman–Crippen LogP) is 3.34. The molecule has 0 bridgehead atoms. The Kier molecular flexibility index (Phi) is 5.14. The Morgan fingerprint density at radius 2 is 1.88 bits per heavy atom. The van der Waals surface area contributed by atoms with Crippen molar-refractivity contribution >= 4 is 22.6 Å². The fraction of sp³-hybridized carbons (Fsp3) is 0.300. The number of aromatic nitrogens is 2. The summed E-state index contributed by atoms with van der Waals surface area (Å²) in [5, 5.41) is 2.98. The number of rotatable bonds is 6. The van der Waals surface area contributed by atoms with Crippen LogP contribution in [0.3, 0.4) is 0 Å². The van der Waals surface area contributed by atoms with Gasteiger partial charge in [-0.2, -0.15) is 0 Å². The van der Waals surface area contributed by atoms with Crippen LogP contribution in [0, 0.1) is 6.92 Å². The Morgan fingerprint density at radius 1 is 1.16 bits per heavy atom. The fourth-order valence-electron chi connectivity index (χ4n) is 2.88. The summed E-state index contributed by atoms with van der Waals surface area (Å²) in [5.74, 6) is 1.04. The number of anilines is 1. The zero-order valence-electron chi connectivity index (χ0n) is 15.0. The van der Waals surface area contributed by atoms with E-state index < -0.39 is 0 Å². The van der Waals surface area contributed by atoms with Crippen LogP contribution in [0.5, 0.6) is 0 Å². The quantitative estimate of drug-likeness (QED) is 0.751. The maximum Gasteiger partial charge on any atom is 0.225 e. The van der Waals surface area contributed by atoms with Gasteiger partial charge in [0.1, 0.15) is 5.82 Å². The average molecular weight is 336 g/mol. The van der Waals surface area contributed by atoms with Gasteiger partial charge in [-0.3, -0.25) is 9.69 Å². The topological polar surface area (TPSA) is 50.2 Å². The summed E-state index contributed by atoms with van der Waals surface area (Å²) in [7, 11) is 4.05. The molecule has 1 amide bonds. The Bertz CT molecular complexity index is 884. The van der Waals surface area contributed by atoms with Crippen LogP contribution in [-0.2, 0) is 18.4 Å². The first kappa shape index (κ1) is 17.2. The molecule has 0 saturated heterocycles. The van der Waals surface area contributed by atoms with Gasteiger partial charge in [-0.1, -0.05) is 30.3 Å². The number of nitrogens with zero attached hydrogens (tertiary/aromatic N) is 3. The van der Waals surface area contributed by atoms with Crippen LogP contribution in [0.1, 0.15) is 17.8 Å². The van der Waals surface area contributed by atoms with Crippen molar-refractivity contribution in [1.29, 1.82) is 0 Å². The van der Waals surface area contributed by atoms with Gasteiger partial charge in [0.25, 0.3) is 0 Å². The van der Waals surface area contributed by atoms with Gasteiger partial charge in [-0.05, 0) is 37.7 Å². The van der Waals surface area contributed by atoms with Gasteiger partial charge in [-0.25, -0.2) is 4.98 Å². The molecule has 130 valence electrons. The minimum atomic E-state index is 0.0335. The maximum absolute atomic E-state index is 12.2. The largest absolute Gasteiger partial charge is 0.330 e. The molecule has 1 aromatic heterocycles. The van der Waals surface area contributed by atoms with Crippen LogP contribution in [0.4, 0.5) is 5.69 Å². The number of imidazole rings is 1. The van der Waals surface area contributed by atoms with Crippen molar-refractivity contribution in [3.63, 3.8) is 0 Å². The second-order valence-corrected chi connectivity index (χ2v) is 6.43. The molecule has 0 radical (unpaired) electrons. The second-order valence-electron chi connectivity index (χ2n) is 6.43. The highest BCUT2D eigenvalue weighted by Crippen LogP contribution is 2.16. The zero-order chi connectivity index (χ0) is 17.8. The van der Waals surface area contributed by atoms with E-state index in [1.165, 1.54) is 0 Å². The number of aryl methyl sites for hydroxylation is 2. The summed E-state index contributed by atoms with van der Waals surface area (Å²) in [5.41, 5.74) is 4.09. The lowest BCUT2D eigenvalue weighted by Gasteiger charge is -2.16. The molecule has 0 spiro atoms. The van der Waals surface area contributed by atoms with Gasteiger partial charge >= 0.3 is 0 Å². The molecule has 3 rings (SSSR count). The third-order valence-corrected chi connectivity index (χ3v) is 4.43. The molecule has 5 heteroatoms. The number of benzene rings is 2.